The Bertz CT molecular complexity index is 217. The van der Waals surface area contributed by atoms with Crippen LogP contribution in [0.1, 0.15) is 103 Å². The molecule has 0 amide bonds. The van der Waals surface area contributed by atoms with E-state index in [2.05, 4.69) is 0 Å². The standard InChI is InChI=1S/C19H40O3/c1-19(22,16-18-21)15-13-11-9-7-5-3-2-4-6-8-10-12-14-17-20/h20-22H,2-18H2,1H3. The molecule has 0 saturated carbocycles. The average molecular weight is 317 g/mol. The Labute approximate surface area is 138 Å². The third-order valence-corrected chi connectivity index (χ3v) is 4.52. The summed E-state index contributed by atoms with van der Waals surface area (Å²) in [6.45, 7) is 2.25. The Balaban J connectivity index is 3.11. The summed E-state index contributed by atoms with van der Waals surface area (Å²) in [7, 11) is 0. The van der Waals surface area contributed by atoms with Crippen LogP contribution in [0.4, 0.5) is 0 Å². The number of aliphatic hydroxyl groups is 3. The molecule has 0 aromatic heterocycles. The summed E-state index contributed by atoms with van der Waals surface area (Å²) < 4.78 is 0. The lowest BCUT2D eigenvalue weighted by Gasteiger charge is -2.21. The van der Waals surface area contributed by atoms with Crippen LogP contribution in [0.3, 0.4) is 0 Å². The van der Waals surface area contributed by atoms with Gasteiger partial charge in [0.1, 0.15) is 0 Å². The van der Waals surface area contributed by atoms with Crippen LogP contribution >= 0.6 is 0 Å². The van der Waals surface area contributed by atoms with Crippen molar-refractivity contribution < 1.29 is 15.3 Å². The van der Waals surface area contributed by atoms with Crippen molar-refractivity contribution in [2.45, 2.75) is 109 Å². The van der Waals surface area contributed by atoms with Crippen LogP contribution < -0.4 is 0 Å². The minimum atomic E-state index is -0.675. The van der Waals surface area contributed by atoms with E-state index in [9.17, 15) is 5.11 Å². The van der Waals surface area contributed by atoms with E-state index in [1.54, 1.807) is 0 Å². The second-order valence-electron chi connectivity index (χ2n) is 7.04. The molecule has 3 heteroatoms. The Kier molecular flexibility index (Phi) is 15.7. The van der Waals surface area contributed by atoms with Gasteiger partial charge in [-0.1, -0.05) is 77.0 Å². The number of aliphatic hydroxyl groups excluding tert-OH is 2. The van der Waals surface area contributed by atoms with Gasteiger partial charge < -0.3 is 15.3 Å². The van der Waals surface area contributed by atoms with E-state index in [0.717, 1.165) is 19.3 Å². The third-order valence-electron chi connectivity index (χ3n) is 4.52. The number of unbranched alkanes of at least 4 members (excludes halogenated alkanes) is 12. The summed E-state index contributed by atoms with van der Waals surface area (Å²) in [5, 5.41) is 27.5. The summed E-state index contributed by atoms with van der Waals surface area (Å²) in [6, 6.07) is 0. The van der Waals surface area contributed by atoms with Crippen LogP contribution in [0, 0.1) is 0 Å². The topological polar surface area (TPSA) is 60.7 Å². The number of hydrogen-bond acceptors (Lipinski definition) is 3. The van der Waals surface area contributed by atoms with Gasteiger partial charge in [-0.2, -0.15) is 0 Å². The zero-order valence-corrected chi connectivity index (χ0v) is 14.9. The van der Waals surface area contributed by atoms with Gasteiger partial charge in [-0.25, -0.2) is 0 Å². The first-order valence-corrected chi connectivity index (χ1v) is 9.56. The van der Waals surface area contributed by atoms with Crippen molar-refractivity contribution in [3.8, 4) is 0 Å². The molecule has 0 rings (SSSR count). The first kappa shape index (κ1) is 21.9. The van der Waals surface area contributed by atoms with Crippen molar-refractivity contribution in [1.29, 1.82) is 0 Å². The first-order chi connectivity index (χ1) is 10.6. The maximum atomic E-state index is 9.93. The Hall–Kier alpha value is -0.120. The summed E-state index contributed by atoms with van der Waals surface area (Å²) >= 11 is 0. The molecule has 0 aliphatic rings. The van der Waals surface area contributed by atoms with Crippen LogP contribution in [0.5, 0.6) is 0 Å². The van der Waals surface area contributed by atoms with Gasteiger partial charge in [-0.3, -0.25) is 0 Å². The predicted octanol–water partition coefficient (Wildman–Crippen LogP) is 4.57. The minimum Gasteiger partial charge on any atom is -0.396 e. The highest BCUT2D eigenvalue weighted by Gasteiger charge is 2.18. The van der Waals surface area contributed by atoms with Crippen LogP contribution in [0.15, 0.2) is 0 Å². The van der Waals surface area contributed by atoms with E-state index in [-0.39, 0.29) is 6.61 Å². The van der Waals surface area contributed by atoms with Crippen molar-refractivity contribution in [3.63, 3.8) is 0 Å². The molecule has 3 nitrogen and oxygen atoms in total. The van der Waals surface area contributed by atoms with Gasteiger partial charge in [0.05, 0.1) is 5.60 Å². The smallest absolute Gasteiger partial charge is 0.0641 e. The molecule has 0 aromatic rings. The Morgan fingerprint density at radius 1 is 0.500 bits per heavy atom. The van der Waals surface area contributed by atoms with Gasteiger partial charge in [0.15, 0.2) is 0 Å². The van der Waals surface area contributed by atoms with Crippen molar-refractivity contribution >= 4 is 0 Å². The van der Waals surface area contributed by atoms with E-state index in [4.69, 9.17) is 10.2 Å². The molecular weight excluding hydrogens is 276 g/mol. The highest BCUT2D eigenvalue weighted by atomic mass is 16.3. The van der Waals surface area contributed by atoms with Gasteiger partial charge in [-0.15, -0.1) is 0 Å². The molecular formula is C19H40O3. The predicted molar refractivity (Wildman–Crippen MR) is 94.1 cm³/mol. The molecule has 0 aromatic carbocycles. The lowest BCUT2D eigenvalue weighted by molar-refractivity contribution is 0.0232. The first-order valence-electron chi connectivity index (χ1n) is 9.56. The molecule has 134 valence electrons. The zero-order chi connectivity index (χ0) is 16.5. The molecule has 0 fully saturated rings. The van der Waals surface area contributed by atoms with Crippen LogP contribution in [0.2, 0.25) is 0 Å². The lowest BCUT2D eigenvalue weighted by Crippen LogP contribution is -2.25. The fourth-order valence-corrected chi connectivity index (χ4v) is 2.93. The van der Waals surface area contributed by atoms with Crippen molar-refractivity contribution in [2.24, 2.45) is 0 Å². The maximum absolute atomic E-state index is 9.93. The fraction of sp³-hybridized carbons (Fsp3) is 1.00. The number of hydrogen-bond donors (Lipinski definition) is 3. The van der Waals surface area contributed by atoms with Crippen molar-refractivity contribution in [1.82, 2.24) is 0 Å². The SMILES string of the molecule is CC(O)(CCO)CCCCCCCCCCCCCCCO. The van der Waals surface area contributed by atoms with Crippen LogP contribution in [0.25, 0.3) is 0 Å². The Morgan fingerprint density at radius 3 is 1.23 bits per heavy atom. The summed E-state index contributed by atoms with van der Waals surface area (Å²) in [6.07, 6.45) is 17.7. The maximum Gasteiger partial charge on any atom is 0.0641 e. The van der Waals surface area contributed by atoms with E-state index in [1.807, 2.05) is 6.92 Å². The van der Waals surface area contributed by atoms with Gasteiger partial charge in [0.2, 0.25) is 0 Å². The molecule has 0 aliphatic carbocycles. The molecule has 0 bridgehead atoms. The quantitative estimate of drug-likeness (QED) is 0.344. The highest BCUT2D eigenvalue weighted by Crippen LogP contribution is 2.19. The minimum absolute atomic E-state index is 0.0778. The van der Waals surface area contributed by atoms with Gasteiger partial charge in [0.25, 0.3) is 0 Å². The van der Waals surface area contributed by atoms with Crippen molar-refractivity contribution in [3.05, 3.63) is 0 Å². The zero-order valence-electron chi connectivity index (χ0n) is 14.9. The largest absolute Gasteiger partial charge is 0.396 e. The summed E-state index contributed by atoms with van der Waals surface area (Å²) in [4.78, 5) is 0. The molecule has 0 spiro atoms. The fourth-order valence-electron chi connectivity index (χ4n) is 2.93. The summed E-state index contributed by atoms with van der Waals surface area (Å²) in [5.74, 6) is 0. The van der Waals surface area contributed by atoms with Gasteiger partial charge in [-0.05, 0) is 26.2 Å². The molecule has 1 atom stereocenters. The van der Waals surface area contributed by atoms with Gasteiger partial charge in [0, 0.05) is 13.2 Å². The lowest BCUT2D eigenvalue weighted by atomic mass is 9.94. The monoisotopic (exact) mass is 316 g/mol. The summed E-state index contributed by atoms with van der Waals surface area (Å²) in [5.41, 5.74) is -0.675. The van der Waals surface area contributed by atoms with E-state index in [0.29, 0.717) is 13.0 Å². The van der Waals surface area contributed by atoms with Crippen LogP contribution in [-0.4, -0.2) is 34.1 Å². The molecule has 0 aliphatic heterocycles. The Morgan fingerprint density at radius 2 is 0.864 bits per heavy atom. The molecule has 1 unspecified atom stereocenters. The van der Waals surface area contributed by atoms with Crippen LogP contribution in [-0.2, 0) is 0 Å². The van der Waals surface area contributed by atoms with E-state index >= 15 is 0 Å². The highest BCUT2D eigenvalue weighted by molar-refractivity contribution is 4.71. The second-order valence-corrected chi connectivity index (χ2v) is 7.04. The van der Waals surface area contributed by atoms with Crippen molar-refractivity contribution in [2.75, 3.05) is 13.2 Å². The average Bonchev–Trinajstić information content (AvgIpc) is 2.47. The van der Waals surface area contributed by atoms with E-state index < -0.39 is 5.60 Å². The number of rotatable bonds is 17. The van der Waals surface area contributed by atoms with Gasteiger partial charge >= 0.3 is 0 Å². The normalized spacial score (nSPS) is 14.2. The molecule has 3 N–H and O–H groups in total. The molecule has 22 heavy (non-hydrogen) atoms. The third kappa shape index (κ3) is 16.3. The molecule has 0 radical (unpaired) electrons. The van der Waals surface area contributed by atoms with E-state index in [1.165, 1.54) is 70.6 Å². The molecule has 0 heterocycles. The molecule has 0 saturated heterocycles. The second kappa shape index (κ2) is 15.8.